The predicted molar refractivity (Wildman–Crippen MR) is 110 cm³/mol. The van der Waals surface area contributed by atoms with Crippen LogP contribution in [0.4, 0.5) is 10.1 Å². The van der Waals surface area contributed by atoms with E-state index in [0.29, 0.717) is 12.5 Å². The molecule has 0 radical (unpaired) electrons. The molecule has 1 aliphatic rings. The third kappa shape index (κ3) is 5.32. The molecule has 0 fully saturated rings. The summed E-state index contributed by atoms with van der Waals surface area (Å²) >= 11 is 0. The zero-order valence-corrected chi connectivity index (χ0v) is 16.5. The summed E-state index contributed by atoms with van der Waals surface area (Å²) in [6, 6.07) is 12.6. The smallest absolute Gasteiger partial charge is 0.193 e. The Labute approximate surface area is 164 Å². The van der Waals surface area contributed by atoms with Gasteiger partial charge in [-0.1, -0.05) is 18.2 Å². The van der Waals surface area contributed by atoms with Crippen LogP contribution in [0.25, 0.3) is 0 Å². The number of ether oxygens (including phenoxy) is 1. The van der Waals surface area contributed by atoms with Crippen molar-refractivity contribution < 1.29 is 9.13 Å². The third-order valence-electron chi connectivity index (χ3n) is 4.05. The topological polar surface area (TPSA) is 59.6 Å². The highest BCUT2D eigenvalue weighted by Gasteiger charge is 2.11. The van der Waals surface area contributed by atoms with Gasteiger partial charge in [0.1, 0.15) is 6.10 Å². The van der Waals surface area contributed by atoms with Crippen LogP contribution in [0.3, 0.4) is 0 Å². The van der Waals surface area contributed by atoms with Crippen LogP contribution in [0.5, 0.6) is 5.75 Å². The highest BCUT2D eigenvalue weighted by atomic mass is 127. The van der Waals surface area contributed by atoms with E-state index in [1.165, 1.54) is 23.6 Å². The number of aryl methyl sites for hydroxylation is 2. The fraction of sp³-hybridized carbons (Fsp3) is 0.316. The molecule has 1 unspecified atom stereocenters. The Morgan fingerprint density at radius 3 is 2.80 bits per heavy atom. The van der Waals surface area contributed by atoms with E-state index >= 15 is 0 Å². The molecule has 3 rings (SSSR count). The lowest BCUT2D eigenvalue weighted by Gasteiger charge is -2.14. The number of nitrogens with one attached hydrogen (secondary N) is 1. The largest absolute Gasteiger partial charge is 0.486 e. The molecule has 0 aliphatic heterocycles. The quantitative estimate of drug-likeness (QED) is 0.405. The first-order chi connectivity index (χ1) is 11.6. The van der Waals surface area contributed by atoms with Crippen molar-refractivity contribution in [2.45, 2.75) is 32.3 Å². The van der Waals surface area contributed by atoms with Crippen molar-refractivity contribution in [2.24, 2.45) is 10.7 Å². The molecule has 3 N–H and O–H groups in total. The van der Waals surface area contributed by atoms with Gasteiger partial charge in [-0.15, -0.1) is 24.0 Å². The van der Waals surface area contributed by atoms with Gasteiger partial charge in [0.15, 0.2) is 17.5 Å². The average Bonchev–Trinajstić information content (AvgIpc) is 3.03. The molecular weight excluding hydrogens is 432 g/mol. The van der Waals surface area contributed by atoms with Crippen LogP contribution in [0.1, 0.15) is 24.5 Å². The molecule has 25 heavy (non-hydrogen) atoms. The van der Waals surface area contributed by atoms with Crippen molar-refractivity contribution in [1.29, 1.82) is 0 Å². The number of nitrogens with two attached hydrogens (primary N) is 1. The highest BCUT2D eigenvalue weighted by molar-refractivity contribution is 14.0. The number of anilines is 1. The Morgan fingerprint density at radius 1 is 1.24 bits per heavy atom. The number of hydrogen-bond donors (Lipinski definition) is 2. The molecule has 0 saturated carbocycles. The van der Waals surface area contributed by atoms with E-state index in [1.807, 2.05) is 13.0 Å². The normalized spacial score (nSPS) is 14.4. The van der Waals surface area contributed by atoms with Gasteiger partial charge in [-0.2, -0.15) is 0 Å². The van der Waals surface area contributed by atoms with Crippen molar-refractivity contribution in [1.82, 2.24) is 0 Å². The Kier molecular flexibility index (Phi) is 7.04. The van der Waals surface area contributed by atoms with E-state index in [2.05, 4.69) is 22.4 Å². The molecule has 0 aromatic heterocycles. The number of guanidine groups is 1. The first-order valence-electron chi connectivity index (χ1n) is 8.22. The molecule has 134 valence electrons. The summed E-state index contributed by atoms with van der Waals surface area (Å²) in [6.45, 7) is 2.18. The van der Waals surface area contributed by atoms with Crippen LogP contribution in [-0.2, 0) is 12.8 Å². The summed E-state index contributed by atoms with van der Waals surface area (Å²) in [5.74, 6) is 0.180. The zero-order valence-electron chi connectivity index (χ0n) is 14.2. The number of hydrogen-bond acceptors (Lipinski definition) is 2. The van der Waals surface area contributed by atoms with Crippen molar-refractivity contribution in [3.05, 3.63) is 59.4 Å². The fourth-order valence-electron chi connectivity index (χ4n) is 2.86. The predicted octanol–water partition coefficient (Wildman–Crippen LogP) is 4.13. The molecule has 0 amide bonds. The Hall–Kier alpha value is -1.83. The standard InChI is InChI=1S/C19H22FN3O.HI/c1-13(24-18-8-3-2-7-17(18)20)12-22-19(21)23-16-10-9-14-5-4-6-15(14)11-16;/h2-3,7-11,13H,4-6,12H2,1H3,(H3,21,22,23);1H. The van der Waals surface area contributed by atoms with E-state index in [1.54, 1.807) is 18.2 Å². The second kappa shape index (κ2) is 9.03. The molecule has 0 spiro atoms. The molecule has 1 atom stereocenters. The number of rotatable bonds is 5. The van der Waals surface area contributed by atoms with Gasteiger partial charge in [0.2, 0.25) is 0 Å². The minimum absolute atomic E-state index is 0. The van der Waals surface area contributed by atoms with E-state index in [4.69, 9.17) is 10.5 Å². The van der Waals surface area contributed by atoms with E-state index in [-0.39, 0.29) is 41.6 Å². The maximum atomic E-state index is 13.5. The van der Waals surface area contributed by atoms with Crippen LogP contribution in [0, 0.1) is 5.82 Å². The summed E-state index contributed by atoms with van der Waals surface area (Å²) in [4.78, 5) is 4.27. The monoisotopic (exact) mass is 455 g/mol. The number of benzene rings is 2. The van der Waals surface area contributed by atoms with Gasteiger partial charge in [-0.05, 0) is 61.6 Å². The molecule has 2 aromatic rings. The summed E-state index contributed by atoms with van der Waals surface area (Å²) in [6.07, 6.45) is 3.22. The fourth-order valence-corrected chi connectivity index (χ4v) is 2.86. The van der Waals surface area contributed by atoms with Gasteiger partial charge >= 0.3 is 0 Å². The van der Waals surface area contributed by atoms with Gasteiger partial charge < -0.3 is 15.8 Å². The van der Waals surface area contributed by atoms with Crippen LogP contribution in [0.2, 0.25) is 0 Å². The summed E-state index contributed by atoms with van der Waals surface area (Å²) in [5.41, 5.74) is 9.67. The van der Waals surface area contributed by atoms with Crippen LogP contribution >= 0.6 is 24.0 Å². The number of aliphatic imine (C=N–C) groups is 1. The maximum absolute atomic E-state index is 13.5. The number of para-hydroxylation sites is 1. The molecule has 0 bridgehead atoms. The summed E-state index contributed by atoms with van der Waals surface area (Å²) in [5, 5.41) is 3.10. The molecule has 0 heterocycles. The number of fused-ring (bicyclic) bond motifs is 1. The van der Waals surface area contributed by atoms with Gasteiger partial charge in [0.05, 0.1) is 6.54 Å². The van der Waals surface area contributed by atoms with Crippen LogP contribution in [-0.4, -0.2) is 18.6 Å². The molecule has 6 heteroatoms. The van der Waals surface area contributed by atoms with Crippen molar-refractivity contribution in [3.63, 3.8) is 0 Å². The third-order valence-corrected chi connectivity index (χ3v) is 4.05. The average molecular weight is 455 g/mol. The molecule has 0 saturated heterocycles. The first kappa shape index (κ1) is 19.5. The van der Waals surface area contributed by atoms with Gasteiger partial charge in [0, 0.05) is 5.69 Å². The SMILES string of the molecule is CC(CN=C(N)Nc1ccc2c(c1)CCC2)Oc1ccccc1F.I. The van der Waals surface area contributed by atoms with E-state index in [0.717, 1.165) is 18.5 Å². The van der Waals surface area contributed by atoms with Gasteiger partial charge in [0.25, 0.3) is 0 Å². The molecular formula is C19H23FIN3O. The lowest BCUT2D eigenvalue weighted by Crippen LogP contribution is -2.25. The maximum Gasteiger partial charge on any atom is 0.193 e. The van der Waals surface area contributed by atoms with E-state index < -0.39 is 0 Å². The van der Waals surface area contributed by atoms with Gasteiger partial charge in [-0.3, -0.25) is 0 Å². The van der Waals surface area contributed by atoms with Crippen LogP contribution in [0.15, 0.2) is 47.5 Å². The molecule has 2 aromatic carbocycles. The van der Waals surface area contributed by atoms with Crippen molar-refractivity contribution in [3.8, 4) is 5.75 Å². The Bertz CT molecular complexity index is 751. The van der Waals surface area contributed by atoms with Crippen molar-refractivity contribution >= 4 is 35.6 Å². The minimum atomic E-state index is -0.377. The lowest BCUT2D eigenvalue weighted by atomic mass is 10.1. The zero-order chi connectivity index (χ0) is 16.9. The number of nitrogens with zero attached hydrogens (tertiary/aromatic N) is 1. The lowest BCUT2D eigenvalue weighted by molar-refractivity contribution is 0.220. The first-order valence-corrected chi connectivity index (χ1v) is 8.22. The van der Waals surface area contributed by atoms with E-state index in [9.17, 15) is 4.39 Å². The second-order valence-corrected chi connectivity index (χ2v) is 6.05. The van der Waals surface area contributed by atoms with Crippen LogP contribution < -0.4 is 15.8 Å². The Balaban J connectivity index is 0.00000225. The number of halogens is 2. The minimum Gasteiger partial charge on any atom is -0.486 e. The molecule has 4 nitrogen and oxygen atoms in total. The molecule has 1 aliphatic carbocycles. The summed E-state index contributed by atoms with van der Waals surface area (Å²) < 4.78 is 19.1. The second-order valence-electron chi connectivity index (χ2n) is 6.05. The van der Waals surface area contributed by atoms with Gasteiger partial charge in [-0.25, -0.2) is 9.38 Å². The Morgan fingerprint density at radius 2 is 2.00 bits per heavy atom. The van der Waals surface area contributed by atoms with Crippen molar-refractivity contribution in [2.75, 3.05) is 11.9 Å². The highest BCUT2D eigenvalue weighted by Crippen LogP contribution is 2.24. The summed E-state index contributed by atoms with van der Waals surface area (Å²) in [7, 11) is 0.